The molecule has 1 rings (SSSR count). The number of benzene rings is 1. The standard InChI is InChI=1S/C33H54O6Si2/c1-12-41(13-2,14-3)39-30(21-20-26(4)24-25-37-40(10,11)33(6,7)8)27(5)29(22-23-31(34)36-9)38-32(35)28-18-16-15-17-19-28/h15-24,27,29-30H,12-14,25H2,1-11H3/b21-20+,23-22+,26-24+/t27-,29+,30+/m0/s1. The maximum absolute atomic E-state index is 13.0. The Bertz CT molecular complexity index is 1030. The molecule has 3 atom stereocenters. The second-order valence-corrected chi connectivity index (χ2v) is 21.7. The van der Waals surface area contributed by atoms with Crippen molar-refractivity contribution in [3.63, 3.8) is 0 Å². The van der Waals surface area contributed by atoms with E-state index in [0.29, 0.717) is 12.2 Å². The van der Waals surface area contributed by atoms with Gasteiger partial charge in [0.25, 0.3) is 0 Å². The molecule has 0 spiro atoms. The lowest BCUT2D eigenvalue weighted by atomic mass is 9.96. The summed E-state index contributed by atoms with van der Waals surface area (Å²) < 4.78 is 24.1. The molecule has 0 amide bonds. The van der Waals surface area contributed by atoms with Gasteiger partial charge in [-0.3, -0.25) is 0 Å². The van der Waals surface area contributed by atoms with Crippen LogP contribution in [0.2, 0.25) is 36.3 Å². The Labute approximate surface area is 251 Å². The first-order valence-electron chi connectivity index (χ1n) is 14.8. The molecule has 0 unspecified atom stereocenters. The maximum atomic E-state index is 13.0. The van der Waals surface area contributed by atoms with Crippen LogP contribution >= 0.6 is 0 Å². The normalized spacial score (nSPS) is 15.6. The van der Waals surface area contributed by atoms with Crippen molar-refractivity contribution in [3.05, 3.63) is 71.8 Å². The lowest BCUT2D eigenvalue weighted by Gasteiger charge is -2.36. The molecule has 0 bridgehead atoms. The predicted molar refractivity (Wildman–Crippen MR) is 174 cm³/mol. The molecule has 1 aromatic rings. The van der Waals surface area contributed by atoms with Crippen molar-refractivity contribution in [2.45, 2.75) is 104 Å². The molecule has 41 heavy (non-hydrogen) atoms. The number of hydrogen-bond acceptors (Lipinski definition) is 6. The topological polar surface area (TPSA) is 71.1 Å². The third-order valence-electron chi connectivity index (χ3n) is 8.44. The number of esters is 2. The molecule has 0 aliphatic carbocycles. The molecule has 0 N–H and O–H groups in total. The molecule has 0 aliphatic rings. The minimum absolute atomic E-state index is 0.150. The molecular formula is C33H54O6Si2. The first-order valence-corrected chi connectivity index (χ1v) is 20.3. The summed E-state index contributed by atoms with van der Waals surface area (Å²) in [5.74, 6) is -1.23. The Hall–Kier alpha value is -2.27. The van der Waals surface area contributed by atoms with E-state index in [0.717, 1.165) is 23.7 Å². The molecule has 1 aromatic carbocycles. The molecule has 0 fully saturated rings. The van der Waals surface area contributed by atoms with Crippen molar-refractivity contribution in [1.82, 2.24) is 0 Å². The second-order valence-electron chi connectivity index (χ2n) is 12.2. The highest BCUT2D eigenvalue weighted by Gasteiger charge is 2.37. The van der Waals surface area contributed by atoms with Crippen LogP contribution in [0.4, 0.5) is 0 Å². The number of ether oxygens (including phenoxy) is 2. The third-order valence-corrected chi connectivity index (χ3v) is 17.6. The molecule has 0 heterocycles. The van der Waals surface area contributed by atoms with Gasteiger partial charge in [0.1, 0.15) is 6.10 Å². The molecule has 0 saturated carbocycles. The van der Waals surface area contributed by atoms with Crippen molar-refractivity contribution >= 4 is 28.6 Å². The van der Waals surface area contributed by atoms with E-state index in [9.17, 15) is 9.59 Å². The first-order chi connectivity index (χ1) is 19.1. The molecule has 0 aromatic heterocycles. The average Bonchev–Trinajstić information content (AvgIpc) is 2.94. The van der Waals surface area contributed by atoms with Crippen LogP contribution in [0.3, 0.4) is 0 Å². The largest absolute Gasteiger partial charge is 0.466 e. The van der Waals surface area contributed by atoms with Crippen molar-refractivity contribution in [2.75, 3.05) is 13.7 Å². The number of carbonyl (C=O) groups excluding carboxylic acids is 2. The third kappa shape index (κ3) is 11.9. The number of hydrogen-bond donors (Lipinski definition) is 0. The van der Waals surface area contributed by atoms with Gasteiger partial charge < -0.3 is 18.3 Å². The Balaban J connectivity index is 3.36. The molecule has 0 saturated heterocycles. The minimum Gasteiger partial charge on any atom is -0.466 e. The van der Waals surface area contributed by atoms with Crippen molar-refractivity contribution in [3.8, 4) is 0 Å². The van der Waals surface area contributed by atoms with E-state index in [1.807, 2.05) is 13.0 Å². The van der Waals surface area contributed by atoms with Crippen LogP contribution in [-0.2, 0) is 23.1 Å². The van der Waals surface area contributed by atoms with Crippen molar-refractivity contribution in [2.24, 2.45) is 5.92 Å². The van der Waals surface area contributed by atoms with Gasteiger partial charge in [0.2, 0.25) is 0 Å². The molecular weight excluding hydrogens is 549 g/mol. The highest BCUT2D eigenvalue weighted by atomic mass is 28.4. The van der Waals surface area contributed by atoms with Gasteiger partial charge in [0.15, 0.2) is 16.6 Å². The highest BCUT2D eigenvalue weighted by Crippen LogP contribution is 2.36. The van der Waals surface area contributed by atoms with Gasteiger partial charge in [0.05, 0.1) is 25.4 Å². The summed E-state index contributed by atoms with van der Waals surface area (Å²) in [4.78, 5) is 25.0. The van der Waals surface area contributed by atoms with Gasteiger partial charge >= 0.3 is 11.9 Å². The fraction of sp³-hybridized carbons (Fsp3) is 0.576. The van der Waals surface area contributed by atoms with Crippen LogP contribution in [0.1, 0.15) is 65.7 Å². The Morgan fingerprint density at radius 2 is 1.49 bits per heavy atom. The molecule has 8 heteroatoms. The number of rotatable bonds is 16. The molecule has 0 aliphatic heterocycles. The Morgan fingerprint density at radius 1 is 0.927 bits per heavy atom. The zero-order valence-corrected chi connectivity index (χ0v) is 29.3. The van der Waals surface area contributed by atoms with Gasteiger partial charge in [0, 0.05) is 12.0 Å². The zero-order chi connectivity index (χ0) is 31.3. The summed E-state index contributed by atoms with van der Waals surface area (Å²) in [6.07, 6.45) is 8.12. The lowest BCUT2D eigenvalue weighted by molar-refractivity contribution is -0.134. The Morgan fingerprint density at radius 3 is 2.00 bits per heavy atom. The lowest BCUT2D eigenvalue weighted by Crippen LogP contribution is -2.44. The van der Waals surface area contributed by atoms with Gasteiger partial charge in [-0.05, 0) is 61.4 Å². The van der Waals surface area contributed by atoms with E-state index in [4.69, 9.17) is 18.3 Å². The van der Waals surface area contributed by atoms with Crippen molar-refractivity contribution in [1.29, 1.82) is 0 Å². The van der Waals surface area contributed by atoms with Gasteiger partial charge in [-0.1, -0.05) is 90.5 Å². The van der Waals surface area contributed by atoms with Crippen LogP contribution in [0.5, 0.6) is 0 Å². The fourth-order valence-corrected chi connectivity index (χ4v) is 7.84. The maximum Gasteiger partial charge on any atom is 0.338 e. The van der Waals surface area contributed by atoms with Gasteiger partial charge in [-0.25, -0.2) is 9.59 Å². The van der Waals surface area contributed by atoms with E-state index in [1.54, 1.807) is 30.3 Å². The molecule has 230 valence electrons. The Kier molecular flexibility index (Phi) is 15.2. The van der Waals surface area contributed by atoms with Gasteiger partial charge in [-0.2, -0.15) is 0 Å². The number of allylic oxidation sites excluding steroid dienone is 2. The number of methoxy groups -OCH3 is 1. The van der Waals surface area contributed by atoms with Crippen LogP contribution in [-0.4, -0.2) is 54.5 Å². The monoisotopic (exact) mass is 602 g/mol. The summed E-state index contributed by atoms with van der Waals surface area (Å²) in [5.41, 5.74) is 1.52. The summed E-state index contributed by atoms with van der Waals surface area (Å²) >= 11 is 0. The summed E-state index contributed by atoms with van der Waals surface area (Å²) in [6, 6.07) is 11.8. The van der Waals surface area contributed by atoms with Crippen molar-refractivity contribution < 1.29 is 27.9 Å². The quantitative estimate of drug-likeness (QED) is 0.0818. The minimum atomic E-state index is -2.03. The van der Waals surface area contributed by atoms with E-state index in [1.165, 1.54) is 13.2 Å². The smallest absolute Gasteiger partial charge is 0.338 e. The van der Waals surface area contributed by atoms with Gasteiger partial charge in [-0.15, -0.1) is 0 Å². The van der Waals surface area contributed by atoms with Crippen LogP contribution in [0.25, 0.3) is 0 Å². The summed E-state index contributed by atoms with van der Waals surface area (Å²) in [7, 11) is -2.55. The first kappa shape index (κ1) is 36.8. The summed E-state index contributed by atoms with van der Waals surface area (Å²) in [6.45, 7) is 22.4. The highest BCUT2D eigenvalue weighted by molar-refractivity contribution is 6.74. The van der Waals surface area contributed by atoms with E-state index < -0.39 is 34.7 Å². The van der Waals surface area contributed by atoms with E-state index in [2.05, 4.69) is 79.8 Å². The van der Waals surface area contributed by atoms with E-state index in [-0.39, 0.29) is 17.1 Å². The molecule has 0 radical (unpaired) electrons. The fourth-order valence-electron chi connectivity index (χ4n) is 4.04. The second kappa shape index (κ2) is 17.0. The number of carbonyl (C=O) groups is 2. The SMILES string of the molecule is CC[Si](CC)(CC)O[C@H](/C=C/C(C)=C/CO[Si](C)(C)C(C)(C)C)[C@@H](C)[C@@H](/C=C/C(=O)OC)OC(=O)c1ccccc1. The molecule has 6 nitrogen and oxygen atoms in total. The predicted octanol–water partition coefficient (Wildman–Crippen LogP) is 8.49. The zero-order valence-electron chi connectivity index (χ0n) is 27.3. The van der Waals surface area contributed by atoms with Crippen LogP contribution < -0.4 is 0 Å². The average molecular weight is 603 g/mol. The van der Waals surface area contributed by atoms with E-state index >= 15 is 0 Å². The van der Waals surface area contributed by atoms with Crippen LogP contribution in [0.15, 0.2) is 66.3 Å². The summed E-state index contributed by atoms with van der Waals surface area (Å²) in [5, 5.41) is 0.150. The van der Waals surface area contributed by atoms with Crippen LogP contribution in [0, 0.1) is 5.92 Å².